The highest BCUT2D eigenvalue weighted by Gasteiger charge is 2.38. The fraction of sp³-hybridized carbons (Fsp3) is 0.292. The Kier molecular flexibility index (Phi) is 5.31. The summed E-state index contributed by atoms with van der Waals surface area (Å²) >= 11 is 0. The third-order valence-corrected chi connectivity index (χ3v) is 5.54. The zero-order chi connectivity index (χ0) is 19.5. The Morgan fingerprint density at radius 2 is 1.79 bits per heavy atom. The van der Waals surface area contributed by atoms with Crippen LogP contribution in [0.15, 0.2) is 66.7 Å². The second-order valence-corrected chi connectivity index (χ2v) is 7.18. The molecule has 0 spiro atoms. The molecule has 2 atom stereocenters. The van der Waals surface area contributed by atoms with Gasteiger partial charge in [-0.1, -0.05) is 60.7 Å². The van der Waals surface area contributed by atoms with Crippen molar-refractivity contribution in [3.8, 4) is 5.75 Å². The number of carboxylic acids is 1. The minimum absolute atomic E-state index is 0.169. The number of nitrogens with zero attached hydrogens (tertiary/aromatic N) is 1. The number of likely N-dealkylation sites (tertiary alicyclic amines) is 1. The quantitative estimate of drug-likeness (QED) is 0.667. The fourth-order valence-corrected chi connectivity index (χ4v) is 4.37. The number of carboxylic acid groups (broad SMARTS) is 1. The first-order valence-electron chi connectivity index (χ1n) is 9.88. The minimum Gasteiger partial charge on any atom is -0.494 e. The number of hydrogen-bond donors (Lipinski definition) is 1. The van der Waals surface area contributed by atoms with Crippen molar-refractivity contribution in [2.24, 2.45) is 0 Å². The second-order valence-electron chi connectivity index (χ2n) is 7.18. The number of fused-ring (bicyclic) bond motifs is 1. The van der Waals surface area contributed by atoms with E-state index in [2.05, 4.69) is 41.3 Å². The highest BCUT2D eigenvalue weighted by atomic mass is 16.5. The van der Waals surface area contributed by atoms with Crippen LogP contribution in [0.1, 0.15) is 36.9 Å². The topological polar surface area (TPSA) is 49.8 Å². The molecule has 0 amide bonds. The standard InChI is InChI=1S/C24H25NO3/c1-2-28-22-15-6-5-12-20(22)23(25-16-8-14-21(25)24(26)27)19-13-7-10-17-9-3-4-11-18(17)19/h3-7,9-13,15,21,23H,2,8,14,16H2,1H3,(H,26,27). The zero-order valence-corrected chi connectivity index (χ0v) is 16.0. The monoisotopic (exact) mass is 375 g/mol. The average Bonchev–Trinajstić information content (AvgIpc) is 3.20. The molecule has 4 heteroatoms. The Bertz CT molecular complexity index is 979. The number of hydrogen-bond acceptors (Lipinski definition) is 3. The number of para-hydroxylation sites is 1. The lowest BCUT2D eigenvalue weighted by molar-refractivity contribution is -0.142. The number of rotatable bonds is 6. The summed E-state index contributed by atoms with van der Waals surface area (Å²) in [6, 6.07) is 21.9. The highest BCUT2D eigenvalue weighted by Crippen LogP contribution is 2.41. The van der Waals surface area contributed by atoms with Crippen LogP contribution in [0.3, 0.4) is 0 Å². The van der Waals surface area contributed by atoms with Gasteiger partial charge in [0.1, 0.15) is 11.8 Å². The Morgan fingerprint density at radius 1 is 1.07 bits per heavy atom. The fourth-order valence-electron chi connectivity index (χ4n) is 4.37. The Hall–Kier alpha value is -2.85. The van der Waals surface area contributed by atoms with Crippen molar-refractivity contribution in [3.63, 3.8) is 0 Å². The van der Waals surface area contributed by atoms with Crippen molar-refractivity contribution < 1.29 is 14.6 Å². The summed E-state index contributed by atoms with van der Waals surface area (Å²) in [5.74, 6) is 0.0654. The summed E-state index contributed by atoms with van der Waals surface area (Å²) in [6.07, 6.45) is 1.56. The summed E-state index contributed by atoms with van der Waals surface area (Å²) in [6.45, 7) is 3.30. The van der Waals surface area contributed by atoms with Crippen molar-refractivity contribution in [1.82, 2.24) is 4.90 Å². The molecule has 0 saturated carbocycles. The summed E-state index contributed by atoms with van der Waals surface area (Å²) in [4.78, 5) is 14.1. The van der Waals surface area contributed by atoms with Gasteiger partial charge < -0.3 is 9.84 Å². The third kappa shape index (κ3) is 3.36. The van der Waals surface area contributed by atoms with Gasteiger partial charge in [-0.2, -0.15) is 0 Å². The first-order valence-corrected chi connectivity index (χ1v) is 9.88. The van der Waals surface area contributed by atoms with Crippen molar-refractivity contribution in [1.29, 1.82) is 0 Å². The van der Waals surface area contributed by atoms with E-state index in [0.717, 1.165) is 40.6 Å². The van der Waals surface area contributed by atoms with Crippen LogP contribution in [0.25, 0.3) is 10.8 Å². The van der Waals surface area contributed by atoms with Crippen LogP contribution < -0.4 is 4.74 Å². The predicted molar refractivity (Wildman–Crippen MR) is 111 cm³/mol. The van der Waals surface area contributed by atoms with Gasteiger partial charge in [0.2, 0.25) is 0 Å². The van der Waals surface area contributed by atoms with Gasteiger partial charge in [-0.25, -0.2) is 0 Å². The van der Waals surface area contributed by atoms with Gasteiger partial charge in [-0.15, -0.1) is 0 Å². The van der Waals surface area contributed by atoms with Crippen molar-refractivity contribution in [3.05, 3.63) is 77.9 Å². The van der Waals surface area contributed by atoms with E-state index in [1.807, 2.05) is 37.3 Å². The molecule has 4 nitrogen and oxygen atoms in total. The predicted octanol–water partition coefficient (Wildman–Crippen LogP) is 4.88. The molecule has 0 radical (unpaired) electrons. The lowest BCUT2D eigenvalue weighted by Crippen LogP contribution is -2.39. The van der Waals surface area contributed by atoms with Crippen LogP contribution in [0.2, 0.25) is 0 Å². The highest BCUT2D eigenvalue weighted by molar-refractivity contribution is 5.86. The lowest BCUT2D eigenvalue weighted by atomic mass is 9.91. The molecule has 0 aromatic heterocycles. The molecule has 1 N–H and O–H groups in total. The van der Waals surface area contributed by atoms with E-state index < -0.39 is 12.0 Å². The zero-order valence-electron chi connectivity index (χ0n) is 16.0. The molecule has 1 heterocycles. The molecule has 28 heavy (non-hydrogen) atoms. The Labute approximate surface area is 165 Å². The van der Waals surface area contributed by atoms with Crippen LogP contribution in [0.5, 0.6) is 5.75 Å². The van der Waals surface area contributed by atoms with Crippen LogP contribution in [0, 0.1) is 0 Å². The average molecular weight is 375 g/mol. The Balaban J connectivity index is 1.93. The van der Waals surface area contributed by atoms with Gasteiger partial charge in [-0.05, 0) is 42.2 Å². The van der Waals surface area contributed by atoms with E-state index >= 15 is 0 Å². The second kappa shape index (κ2) is 8.03. The maximum atomic E-state index is 12.0. The number of carbonyl (C=O) groups is 1. The SMILES string of the molecule is CCOc1ccccc1C(c1cccc2ccccc12)N1CCCC1C(=O)O. The molecule has 3 aromatic rings. The molecule has 0 bridgehead atoms. The summed E-state index contributed by atoms with van der Waals surface area (Å²) in [5, 5.41) is 12.1. The van der Waals surface area contributed by atoms with Crippen molar-refractivity contribution >= 4 is 16.7 Å². The van der Waals surface area contributed by atoms with E-state index in [1.54, 1.807) is 0 Å². The van der Waals surface area contributed by atoms with Crippen LogP contribution in [0.4, 0.5) is 0 Å². The molecule has 1 aliphatic heterocycles. The molecule has 1 saturated heterocycles. The van der Waals surface area contributed by atoms with Crippen molar-refractivity contribution in [2.75, 3.05) is 13.2 Å². The summed E-state index contributed by atoms with van der Waals surface area (Å²) in [5.41, 5.74) is 2.15. The van der Waals surface area contributed by atoms with Crippen LogP contribution >= 0.6 is 0 Å². The number of benzene rings is 3. The van der Waals surface area contributed by atoms with Gasteiger partial charge in [0, 0.05) is 12.1 Å². The smallest absolute Gasteiger partial charge is 0.320 e. The van der Waals surface area contributed by atoms with E-state index in [4.69, 9.17) is 4.74 Å². The van der Waals surface area contributed by atoms with Crippen LogP contribution in [-0.2, 0) is 4.79 Å². The number of aliphatic carboxylic acids is 1. The number of ether oxygens (including phenoxy) is 1. The third-order valence-electron chi connectivity index (χ3n) is 5.54. The Morgan fingerprint density at radius 3 is 2.61 bits per heavy atom. The first kappa shape index (κ1) is 18.5. The molecule has 3 aromatic carbocycles. The van der Waals surface area contributed by atoms with E-state index in [0.29, 0.717) is 13.0 Å². The maximum absolute atomic E-state index is 12.0. The van der Waals surface area contributed by atoms with Gasteiger partial charge in [0.15, 0.2) is 0 Å². The minimum atomic E-state index is -0.753. The first-order chi connectivity index (χ1) is 13.7. The maximum Gasteiger partial charge on any atom is 0.320 e. The van der Waals surface area contributed by atoms with Gasteiger partial charge >= 0.3 is 5.97 Å². The van der Waals surface area contributed by atoms with Crippen molar-refractivity contribution in [2.45, 2.75) is 31.8 Å². The normalized spacial score (nSPS) is 18.2. The van der Waals surface area contributed by atoms with E-state index in [1.165, 1.54) is 0 Å². The summed E-state index contributed by atoms with van der Waals surface area (Å²) < 4.78 is 5.93. The molecular weight excluding hydrogens is 350 g/mol. The molecule has 144 valence electrons. The van der Waals surface area contributed by atoms with Gasteiger partial charge in [0.05, 0.1) is 12.6 Å². The molecule has 2 unspecified atom stereocenters. The van der Waals surface area contributed by atoms with E-state index in [-0.39, 0.29) is 6.04 Å². The lowest BCUT2D eigenvalue weighted by Gasteiger charge is -2.33. The molecule has 1 fully saturated rings. The molecular formula is C24H25NO3. The molecule has 0 aliphatic carbocycles. The van der Waals surface area contributed by atoms with Gasteiger partial charge in [-0.3, -0.25) is 9.69 Å². The van der Waals surface area contributed by atoms with Crippen LogP contribution in [-0.4, -0.2) is 35.2 Å². The molecule has 1 aliphatic rings. The van der Waals surface area contributed by atoms with Gasteiger partial charge in [0.25, 0.3) is 0 Å². The summed E-state index contributed by atoms with van der Waals surface area (Å²) in [7, 11) is 0. The van der Waals surface area contributed by atoms with E-state index in [9.17, 15) is 9.90 Å². The molecule has 4 rings (SSSR count). The largest absolute Gasteiger partial charge is 0.494 e.